The van der Waals surface area contributed by atoms with E-state index in [1.165, 1.54) is 15.9 Å². The van der Waals surface area contributed by atoms with Crippen LogP contribution in [0.25, 0.3) is 26.7 Å². The first-order valence-electron chi connectivity index (χ1n) is 9.04. The molecule has 0 aliphatic rings. The van der Waals surface area contributed by atoms with E-state index in [-0.39, 0.29) is 11.4 Å². The van der Waals surface area contributed by atoms with Crippen LogP contribution in [-0.4, -0.2) is 20.9 Å². The smallest absolute Gasteiger partial charge is 0.265 e. The summed E-state index contributed by atoms with van der Waals surface area (Å²) in [6.45, 7) is 0. The van der Waals surface area contributed by atoms with E-state index in [1.807, 2.05) is 60.7 Å². The van der Waals surface area contributed by atoms with Crippen molar-refractivity contribution in [1.82, 2.24) is 9.55 Å². The second-order valence-electron chi connectivity index (χ2n) is 6.48. The molecule has 3 aromatic carbocycles. The molecule has 0 saturated carbocycles. The van der Waals surface area contributed by atoms with Crippen LogP contribution < -0.4 is 5.56 Å². The first kappa shape index (κ1) is 17.3. The summed E-state index contributed by atoms with van der Waals surface area (Å²) in [5.41, 5.74) is 1.67. The highest BCUT2D eigenvalue weighted by atomic mass is 32.1. The highest BCUT2D eigenvalue weighted by Gasteiger charge is 2.16. The van der Waals surface area contributed by atoms with Gasteiger partial charge < -0.3 is 5.11 Å². The van der Waals surface area contributed by atoms with Crippen molar-refractivity contribution in [2.45, 2.75) is 0 Å². The van der Waals surface area contributed by atoms with Crippen LogP contribution in [0, 0.1) is 0 Å². The summed E-state index contributed by atoms with van der Waals surface area (Å²) < 4.78 is 2.35. The number of thiazole rings is 1. The van der Waals surface area contributed by atoms with E-state index >= 15 is 0 Å². The molecular formula is C23H15N3O2S. The lowest BCUT2D eigenvalue weighted by Crippen LogP contribution is -2.20. The molecular weight excluding hydrogens is 382 g/mol. The summed E-state index contributed by atoms with van der Waals surface area (Å²) in [5.74, 6) is -0.148. The van der Waals surface area contributed by atoms with Crippen LogP contribution >= 0.6 is 11.3 Å². The molecule has 6 heteroatoms. The average Bonchev–Trinajstić information content (AvgIpc) is 3.17. The fraction of sp³-hybridized carbons (Fsp3) is 0. The first-order chi connectivity index (χ1) is 14.2. The van der Waals surface area contributed by atoms with Crippen molar-refractivity contribution in [3.05, 3.63) is 94.8 Å². The zero-order chi connectivity index (χ0) is 19.8. The van der Waals surface area contributed by atoms with Crippen LogP contribution in [0.15, 0.2) is 88.6 Å². The van der Waals surface area contributed by atoms with Crippen LogP contribution in [0.1, 0.15) is 5.56 Å². The lowest BCUT2D eigenvalue weighted by atomic mass is 10.1. The van der Waals surface area contributed by atoms with Crippen LogP contribution in [0.4, 0.5) is 5.13 Å². The highest BCUT2D eigenvalue weighted by Crippen LogP contribution is 2.30. The maximum atomic E-state index is 13.0. The Morgan fingerprint density at radius 1 is 0.897 bits per heavy atom. The van der Waals surface area contributed by atoms with Crippen molar-refractivity contribution in [2.75, 3.05) is 0 Å². The van der Waals surface area contributed by atoms with Gasteiger partial charge in [-0.15, -0.1) is 0 Å². The molecule has 0 radical (unpaired) electrons. The van der Waals surface area contributed by atoms with E-state index < -0.39 is 0 Å². The number of hydrogen-bond acceptors (Lipinski definition) is 5. The molecule has 2 aromatic heterocycles. The van der Waals surface area contributed by atoms with E-state index in [2.05, 4.69) is 9.98 Å². The number of nitrogens with zero attached hydrogens (tertiary/aromatic N) is 3. The SMILES string of the molecule is O=c1c2ccccc2c(C=Nc2nc3ccccc3s2)c(O)n1-c1ccccc1. The zero-order valence-corrected chi connectivity index (χ0v) is 16.0. The maximum absolute atomic E-state index is 13.0. The summed E-state index contributed by atoms with van der Waals surface area (Å²) in [6.07, 6.45) is 1.58. The van der Waals surface area contributed by atoms with E-state index in [4.69, 9.17) is 0 Å². The lowest BCUT2D eigenvalue weighted by Gasteiger charge is -2.13. The Balaban J connectivity index is 1.73. The third-order valence-corrected chi connectivity index (χ3v) is 5.65. The number of hydrogen-bond donors (Lipinski definition) is 1. The largest absolute Gasteiger partial charge is 0.494 e. The van der Waals surface area contributed by atoms with Crippen molar-refractivity contribution in [1.29, 1.82) is 0 Å². The summed E-state index contributed by atoms with van der Waals surface area (Å²) in [7, 11) is 0. The number of aromatic nitrogens is 2. The highest BCUT2D eigenvalue weighted by molar-refractivity contribution is 7.22. The van der Waals surface area contributed by atoms with Gasteiger partial charge in [-0.3, -0.25) is 4.79 Å². The van der Waals surface area contributed by atoms with Crippen molar-refractivity contribution in [3.8, 4) is 11.6 Å². The van der Waals surface area contributed by atoms with E-state index in [0.717, 1.165) is 10.2 Å². The van der Waals surface area contributed by atoms with Crippen LogP contribution in [0.5, 0.6) is 5.88 Å². The number of fused-ring (bicyclic) bond motifs is 2. The minimum absolute atomic E-state index is 0.148. The third-order valence-electron chi connectivity index (χ3n) is 4.70. The molecule has 0 amide bonds. The monoisotopic (exact) mass is 397 g/mol. The van der Waals surface area contributed by atoms with Gasteiger partial charge in [0.25, 0.3) is 5.56 Å². The summed E-state index contributed by atoms with van der Waals surface area (Å²) in [6, 6.07) is 24.1. The quantitative estimate of drug-likeness (QED) is 0.433. The maximum Gasteiger partial charge on any atom is 0.265 e. The van der Waals surface area contributed by atoms with Crippen molar-refractivity contribution >= 4 is 43.7 Å². The predicted octanol–water partition coefficient (Wildman–Crippen LogP) is 5.06. The Hall–Kier alpha value is -3.77. The summed E-state index contributed by atoms with van der Waals surface area (Å²) >= 11 is 1.47. The van der Waals surface area contributed by atoms with Crippen molar-refractivity contribution in [2.24, 2.45) is 4.99 Å². The first-order valence-corrected chi connectivity index (χ1v) is 9.86. The molecule has 0 bridgehead atoms. The van der Waals surface area contributed by atoms with E-state index in [9.17, 15) is 9.90 Å². The molecule has 0 atom stereocenters. The Labute approximate surface area is 169 Å². The minimum atomic E-state index is -0.276. The van der Waals surface area contributed by atoms with Gasteiger partial charge in [-0.2, -0.15) is 0 Å². The molecule has 0 fully saturated rings. The number of rotatable bonds is 3. The molecule has 140 valence electrons. The van der Waals surface area contributed by atoms with E-state index in [1.54, 1.807) is 24.4 Å². The average molecular weight is 397 g/mol. The number of aromatic hydroxyl groups is 1. The fourth-order valence-corrected chi connectivity index (χ4v) is 4.15. The molecule has 0 unspecified atom stereocenters. The Morgan fingerprint density at radius 2 is 1.59 bits per heavy atom. The number of benzene rings is 3. The third kappa shape index (κ3) is 2.99. The fourth-order valence-electron chi connectivity index (χ4n) is 3.34. The lowest BCUT2D eigenvalue weighted by molar-refractivity contribution is 0.436. The summed E-state index contributed by atoms with van der Waals surface area (Å²) in [4.78, 5) is 22.0. The Kier molecular flexibility index (Phi) is 4.18. The van der Waals surface area contributed by atoms with Crippen molar-refractivity contribution in [3.63, 3.8) is 0 Å². The second-order valence-corrected chi connectivity index (χ2v) is 7.49. The minimum Gasteiger partial charge on any atom is -0.494 e. The van der Waals surface area contributed by atoms with Gasteiger partial charge in [0, 0.05) is 17.0 Å². The molecule has 0 spiro atoms. The number of para-hydroxylation sites is 2. The molecule has 5 aromatic rings. The molecule has 5 rings (SSSR count). The zero-order valence-electron chi connectivity index (χ0n) is 15.2. The molecule has 0 aliphatic carbocycles. The van der Waals surface area contributed by atoms with Crippen LogP contribution in [0.2, 0.25) is 0 Å². The van der Waals surface area contributed by atoms with Gasteiger partial charge in [0.05, 0.1) is 21.5 Å². The van der Waals surface area contributed by atoms with Crippen LogP contribution in [-0.2, 0) is 0 Å². The molecule has 0 saturated heterocycles. The molecule has 2 heterocycles. The molecule has 0 aliphatic heterocycles. The molecule has 29 heavy (non-hydrogen) atoms. The van der Waals surface area contributed by atoms with Gasteiger partial charge in [-0.25, -0.2) is 14.5 Å². The predicted molar refractivity (Wildman–Crippen MR) is 118 cm³/mol. The summed E-state index contributed by atoms with van der Waals surface area (Å²) in [5, 5.41) is 12.7. The van der Waals surface area contributed by atoms with Gasteiger partial charge in [-0.05, 0) is 30.3 Å². The standard InChI is InChI=1S/C23H15N3O2S/c27-21-17-11-5-4-10-16(17)18(22(28)26(21)15-8-2-1-3-9-15)14-24-23-25-19-12-6-7-13-20(19)29-23/h1-14,28H. The topological polar surface area (TPSA) is 67.5 Å². The van der Waals surface area contributed by atoms with Crippen LogP contribution in [0.3, 0.4) is 0 Å². The number of aliphatic imine (C=N–C) groups is 1. The van der Waals surface area contributed by atoms with Gasteiger partial charge in [0.15, 0.2) is 0 Å². The van der Waals surface area contributed by atoms with Gasteiger partial charge in [0.1, 0.15) is 0 Å². The van der Waals surface area contributed by atoms with Gasteiger partial charge in [-0.1, -0.05) is 59.9 Å². The van der Waals surface area contributed by atoms with E-state index in [0.29, 0.717) is 27.2 Å². The normalized spacial score (nSPS) is 11.6. The molecule has 1 N–H and O–H groups in total. The Bertz CT molecular complexity index is 1400. The molecule has 5 nitrogen and oxygen atoms in total. The van der Waals surface area contributed by atoms with Gasteiger partial charge in [0.2, 0.25) is 11.0 Å². The Morgan fingerprint density at radius 3 is 2.38 bits per heavy atom. The second kappa shape index (κ2) is 7.00. The number of pyridine rings is 1. The van der Waals surface area contributed by atoms with Gasteiger partial charge >= 0.3 is 0 Å². The van der Waals surface area contributed by atoms with Crippen molar-refractivity contribution < 1.29 is 5.11 Å².